The van der Waals surface area contributed by atoms with Crippen molar-refractivity contribution in [1.82, 2.24) is 9.47 Å². The smallest absolute Gasteiger partial charge is 0.294 e. The average Bonchev–Trinajstić information content (AvgIpc) is 3.08. The first-order valence-electron chi connectivity index (χ1n) is 9.21. The fourth-order valence-corrected chi connectivity index (χ4v) is 3.78. The number of nitrogens with one attached hydrogen (secondary N) is 1. The summed E-state index contributed by atoms with van der Waals surface area (Å²) in [4.78, 5) is 38.5. The third-order valence-electron chi connectivity index (χ3n) is 4.73. The van der Waals surface area contributed by atoms with E-state index < -0.39 is 17.1 Å². The second-order valence-corrected chi connectivity index (χ2v) is 7.65. The first kappa shape index (κ1) is 20.7. The van der Waals surface area contributed by atoms with Crippen LogP contribution >= 0.6 is 11.8 Å². The van der Waals surface area contributed by atoms with Gasteiger partial charge in [0.05, 0.1) is 11.5 Å². The van der Waals surface area contributed by atoms with Gasteiger partial charge in [-0.25, -0.2) is 0 Å². The molecule has 0 spiro atoms. The molecule has 7 nitrogen and oxygen atoms in total. The first-order chi connectivity index (χ1) is 13.8. The molecule has 0 bridgehead atoms. The van der Waals surface area contributed by atoms with Crippen LogP contribution < -0.4 is 10.1 Å². The minimum atomic E-state index is -0.456. The highest BCUT2D eigenvalue weighted by molar-refractivity contribution is 8.18. The number of carbonyl (C=O) groups is 3. The molecule has 1 fully saturated rings. The minimum Gasteiger partial charge on any atom is -0.494 e. The van der Waals surface area contributed by atoms with Crippen LogP contribution in [0.2, 0.25) is 0 Å². The molecular weight excluding hydrogens is 390 g/mol. The van der Waals surface area contributed by atoms with Crippen molar-refractivity contribution in [1.29, 1.82) is 0 Å². The Morgan fingerprint density at radius 2 is 1.90 bits per heavy atom. The molecule has 1 saturated heterocycles. The summed E-state index contributed by atoms with van der Waals surface area (Å²) in [5.74, 6) is -0.194. The third kappa shape index (κ3) is 4.54. The summed E-state index contributed by atoms with van der Waals surface area (Å²) in [6.45, 7) is 6.04. The van der Waals surface area contributed by atoms with Crippen LogP contribution in [0.4, 0.5) is 10.5 Å². The van der Waals surface area contributed by atoms with Crippen LogP contribution in [0.3, 0.4) is 0 Å². The lowest BCUT2D eigenvalue weighted by molar-refractivity contribution is -0.127. The van der Waals surface area contributed by atoms with Gasteiger partial charge in [-0.3, -0.25) is 19.3 Å². The fourth-order valence-electron chi connectivity index (χ4n) is 2.95. The fraction of sp³-hybridized carbons (Fsp3) is 0.286. The van der Waals surface area contributed by atoms with E-state index in [1.165, 1.54) is 0 Å². The van der Waals surface area contributed by atoms with E-state index in [1.807, 2.05) is 38.5 Å². The number of ether oxygens (including phenoxy) is 1. The van der Waals surface area contributed by atoms with Gasteiger partial charge >= 0.3 is 0 Å². The molecule has 8 heteroatoms. The standard InChI is InChI=1S/C21H23N3O4S/c1-5-28-17-8-6-16(7-9-17)22-19(25)12-24-20(26)18(29-21(24)27)11-15-10-13(2)23(4)14(15)3/h6-11H,5,12H2,1-4H3,(H,22,25)/b18-11+. The van der Waals surface area contributed by atoms with E-state index in [2.05, 4.69) is 5.32 Å². The average molecular weight is 413 g/mol. The van der Waals surface area contributed by atoms with Crippen molar-refractivity contribution in [3.8, 4) is 5.75 Å². The number of imide groups is 1. The van der Waals surface area contributed by atoms with Crippen LogP contribution in [-0.4, -0.2) is 39.7 Å². The quantitative estimate of drug-likeness (QED) is 0.730. The maximum absolute atomic E-state index is 12.6. The van der Waals surface area contributed by atoms with Gasteiger partial charge in [0.25, 0.3) is 11.1 Å². The molecule has 1 aliphatic rings. The molecule has 152 valence electrons. The lowest BCUT2D eigenvalue weighted by Crippen LogP contribution is -2.36. The molecule has 29 heavy (non-hydrogen) atoms. The molecule has 3 amide bonds. The second-order valence-electron chi connectivity index (χ2n) is 6.66. The topological polar surface area (TPSA) is 80.6 Å². The van der Waals surface area contributed by atoms with Crippen LogP contribution in [0.15, 0.2) is 35.2 Å². The summed E-state index contributed by atoms with van der Waals surface area (Å²) < 4.78 is 7.37. The highest BCUT2D eigenvalue weighted by Gasteiger charge is 2.36. The van der Waals surface area contributed by atoms with Crippen molar-refractivity contribution in [3.05, 3.63) is 52.2 Å². The monoisotopic (exact) mass is 413 g/mol. The van der Waals surface area contributed by atoms with Gasteiger partial charge < -0.3 is 14.6 Å². The summed E-state index contributed by atoms with van der Waals surface area (Å²) in [7, 11) is 1.94. The van der Waals surface area contributed by atoms with Crippen molar-refractivity contribution in [3.63, 3.8) is 0 Å². The molecule has 1 aromatic carbocycles. The van der Waals surface area contributed by atoms with E-state index in [1.54, 1.807) is 30.3 Å². The number of aromatic nitrogens is 1. The molecule has 1 aliphatic heterocycles. The number of hydrogen-bond acceptors (Lipinski definition) is 5. The molecular formula is C21H23N3O4S. The molecule has 2 heterocycles. The Bertz CT molecular complexity index is 992. The van der Waals surface area contributed by atoms with Gasteiger partial charge in [-0.05, 0) is 74.5 Å². The number of rotatable bonds is 6. The van der Waals surface area contributed by atoms with Crippen LogP contribution in [0, 0.1) is 13.8 Å². The Morgan fingerprint density at radius 3 is 2.48 bits per heavy atom. The van der Waals surface area contributed by atoms with Crippen molar-refractivity contribution in [2.24, 2.45) is 7.05 Å². The predicted molar refractivity (Wildman–Crippen MR) is 114 cm³/mol. The van der Waals surface area contributed by atoms with Gasteiger partial charge in [0, 0.05) is 24.1 Å². The zero-order chi connectivity index (χ0) is 21.1. The summed E-state index contributed by atoms with van der Waals surface area (Å²) in [5, 5.41) is 2.24. The number of anilines is 1. The SMILES string of the molecule is CCOc1ccc(NC(=O)CN2C(=O)S/C(=C/c3cc(C)n(C)c3C)C2=O)cc1. The van der Waals surface area contributed by atoms with Gasteiger partial charge in [-0.2, -0.15) is 0 Å². The minimum absolute atomic E-state index is 0.317. The maximum Gasteiger partial charge on any atom is 0.294 e. The number of hydrogen-bond donors (Lipinski definition) is 1. The van der Waals surface area contributed by atoms with Crippen molar-refractivity contribution in [2.45, 2.75) is 20.8 Å². The summed E-state index contributed by atoms with van der Waals surface area (Å²) in [6.07, 6.45) is 1.71. The number of amides is 3. The molecule has 0 aliphatic carbocycles. The van der Waals surface area contributed by atoms with Crippen LogP contribution in [-0.2, 0) is 16.6 Å². The Kier molecular flexibility index (Phi) is 6.12. The Hall–Kier alpha value is -3.00. The third-order valence-corrected chi connectivity index (χ3v) is 5.63. The summed E-state index contributed by atoms with van der Waals surface area (Å²) in [5.41, 5.74) is 3.51. The highest BCUT2D eigenvalue weighted by atomic mass is 32.2. The molecule has 0 saturated carbocycles. The van der Waals surface area contributed by atoms with Crippen molar-refractivity contribution < 1.29 is 19.1 Å². The Morgan fingerprint density at radius 1 is 1.21 bits per heavy atom. The lowest BCUT2D eigenvalue weighted by Gasteiger charge is -2.12. The number of carbonyl (C=O) groups excluding carboxylic acids is 3. The van der Waals surface area contributed by atoms with Gasteiger partial charge in [-0.15, -0.1) is 0 Å². The van der Waals surface area contributed by atoms with Gasteiger partial charge in [0.1, 0.15) is 12.3 Å². The largest absolute Gasteiger partial charge is 0.494 e. The zero-order valence-electron chi connectivity index (χ0n) is 16.8. The zero-order valence-corrected chi connectivity index (χ0v) is 17.6. The Labute approximate surface area is 173 Å². The van der Waals surface area contributed by atoms with Crippen molar-refractivity contribution >= 4 is 40.6 Å². The summed E-state index contributed by atoms with van der Waals surface area (Å²) in [6, 6.07) is 8.86. The van der Waals surface area contributed by atoms with Crippen LogP contribution in [0.5, 0.6) is 5.75 Å². The van der Waals surface area contributed by atoms with Gasteiger partial charge in [0.2, 0.25) is 5.91 Å². The van der Waals surface area contributed by atoms with E-state index in [9.17, 15) is 14.4 Å². The predicted octanol–water partition coefficient (Wildman–Crippen LogP) is 3.72. The van der Waals surface area contributed by atoms with E-state index in [4.69, 9.17) is 4.74 Å². The second kappa shape index (κ2) is 8.57. The Balaban J connectivity index is 1.67. The number of thioether (sulfide) groups is 1. The molecule has 0 unspecified atom stereocenters. The lowest BCUT2D eigenvalue weighted by atomic mass is 10.2. The number of nitrogens with zero attached hydrogens (tertiary/aromatic N) is 2. The molecule has 2 aromatic rings. The molecule has 0 atom stereocenters. The molecule has 0 radical (unpaired) electrons. The van der Waals surface area contributed by atoms with E-state index in [-0.39, 0.29) is 6.54 Å². The number of aryl methyl sites for hydroxylation is 1. The van der Waals surface area contributed by atoms with E-state index in [0.717, 1.165) is 33.6 Å². The van der Waals surface area contributed by atoms with Crippen LogP contribution in [0.1, 0.15) is 23.9 Å². The highest BCUT2D eigenvalue weighted by Crippen LogP contribution is 2.33. The first-order valence-corrected chi connectivity index (χ1v) is 10.0. The maximum atomic E-state index is 12.6. The van der Waals surface area contributed by atoms with Crippen molar-refractivity contribution in [2.75, 3.05) is 18.5 Å². The molecule has 1 aromatic heterocycles. The molecule has 1 N–H and O–H groups in total. The van der Waals surface area contributed by atoms with Crippen LogP contribution in [0.25, 0.3) is 6.08 Å². The summed E-state index contributed by atoms with van der Waals surface area (Å²) >= 11 is 0.849. The van der Waals surface area contributed by atoms with Gasteiger partial charge in [-0.1, -0.05) is 0 Å². The van der Waals surface area contributed by atoms with E-state index >= 15 is 0 Å². The number of benzene rings is 1. The normalized spacial score (nSPS) is 15.3. The van der Waals surface area contributed by atoms with E-state index in [0.29, 0.717) is 22.9 Å². The van der Waals surface area contributed by atoms with Gasteiger partial charge in [0.15, 0.2) is 0 Å². The molecule has 3 rings (SSSR count).